The molecule has 0 bridgehead atoms. The molecule has 1 aromatic carbocycles. The largest absolute Gasteiger partial charge is 0.497 e. The van der Waals surface area contributed by atoms with E-state index >= 15 is 0 Å². The molecular formula is C13H16O2. The Morgan fingerprint density at radius 1 is 1.27 bits per heavy atom. The van der Waals surface area contributed by atoms with E-state index in [2.05, 4.69) is 6.07 Å². The fourth-order valence-corrected chi connectivity index (χ4v) is 2.80. The van der Waals surface area contributed by atoms with Gasteiger partial charge in [-0.05, 0) is 25.3 Å². The minimum absolute atomic E-state index is 0.444. The Morgan fingerprint density at radius 3 is 2.80 bits per heavy atom. The van der Waals surface area contributed by atoms with Gasteiger partial charge in [0.05, 0.1) is 13.7 Å². The molecule has 15 heavy (non-hydrogen) atoms. The summed E-state index contributed by atoms with van der Waals surface area (Å²) in [5.41, 5.74) is 1.85. The number of rotatable bonds is 1. The lowest BCUT2D eigenvalue weighted by atomic mass is 9.62. The Morgan fingerprint density at radius 2 is 2.13 bits per heavy atom. The molecule has 0 saturated heterocycles. The van der Waals surface area contributed by atoms with Crippen LogP contribution in [0.25, 0.3) is 0 Å². The fourth-order valence-electron chi connectivity index (χ4n) is 2.80. The molecule has 0 aromatic heterocycles. The summed E-state index contributed by atoms with van der Waals surface area (Å²) in [5.74, 6) is 1.94. The second kappa shape index (κ2) is 3.16. The molecule has 80 valence electrons. The molecule has 2 nitrogen and oxygen atoms in total. The SMILES string of the molecule is COc1ccc2c(c1)OCCC21CCC1. The van der Waals surface area contributed by atoms with Crippen molar-refractivity contribution in [1.82, 2.24) is 0 Å². The lowest BCUT2D eigenvalue weighted by molar-refractivity contribution is 0.143. The first kappa shape index (κ1) is 9.08. The minimum Gasteiger partial charge on any atom is -0.497 e. The topological polar surface area (TPSA) is 18.5 Å². The van der Waals surface area contributed by atoms with Crippen LogP contribution in [0.3, 0.4) is 0 Å². The van der Waals surface area contributed by atoms with Crippen LogP contribution in [0.15, 0.2) is 18.2 Å². The van der Waals surface area contributed by atoms with Gasteiger partial charge < -0.3 is 9.47 Å². The molecule has 0 N–H and O–H groups in total. The third-order valence-electron chi connectivity index (χ3n) is 3.91. The second-order valence-electron chi connectivity index (χ2n) is 4.59. The summed E-state index contributed by atoms with van der Waals surface area (Å²) in [5, 5.41) is 0. The van der Waals surface area contributed by atoms with Gasteiger partial charge in [0.15, 0.2) is 0 Å². The predicted octanol–water partition coefficient (Wildman–Crippen LogP) is 2.90. The third-order valence-corrected chi connectivity index (χ3v) is 3.91. The van der Waals surface area contributed by atoms with Gasteiger partial charge in [0.2, 0.25) is 0 Å². The van der Waals surface area contributed by atoms with Crippen LogP contribution in [0.4, 0.5) is 0 Å². The highest BCUT2D eigenvalue weighted by molar-refractivity contribution is 5.47. The molecule has 1 heterocycles. The Labute approximate surface area is 90.2 Å². The Kier molecular flexibility index (Phi) is 1.91. The van der Waals surface area contributed by atoms with Gasteiger partial charge >= 0.3 is 0 Å². The molecule has 1 aliphatic carbocycles. The molecule has 3 rings (SSSR count). The highest BCUT2D eigenvalue weighted by Gasteiger charge is 2.42. The van der Waals surface area contributed by atoms with E-state index in [-0.39, 0.29) is 0 Å². The van der Waals surface area contributed by atoms with Crippen molar-refractivity contribution in [2.45, 2.75) is 31.1 Å². The van der Waals surface area contributed by atoms with Crippen molar-refractivity contribution in [2.24, 2.45) is 0 Å². The van der Waals surface area contributed by atoms with E-state index in [9.17, 15) is 0 Å². The maximum atomic E-state index is 5.72. The summed E-state index contributed by atoms with van der Waals surface area (Å²) in [6.45, 7) is 0.861. The smallest absolute Gasteiger partial charge is 0.126 e. The summed E-state index contributed by atoms with van der Waals surface area (Å²) in [4.78, 5) is 0. The van der Waals surface area contributed by atoms with Crippen LogP contribution in [0.2, 0.25) is 0 Å². The molecule has 1 spiro atoms. The van der Waals surface area contributed by atoms with Gasteiger partial charge in [-0.1, -0.05) is 12.5 Å². The van der Waals surface area contributed by atoms with Crippen LogP contribution in [0, 0.1) is 0 Å². The first-order valence-electron chi connectivity index (χ1n) is 5.65. The van der Waals surface area contributed by atoms with Crippen LogP contribution in [-0.4, -0.2) is 13.7 Å². The Bertz CT molecular complexity index is 380. The van der Waals surface area contributed by atoms with Crippen molar-refractivity contribution in [2.75, 3.05) is 13.7 Å². The van der Waals surface area contributed by atoms with Gasteiger partial charge in [-0.25, -0.2) is 0 Å². The summed E-state index contributed by atoms with van der Waals surface area (Å²) < 4.78 is 10.9. The summed E-state index contributed by atoms with van der Waals surface area (Å²) in [6.07, 6.45) is 5.21. The molecule has 0 radical (unpaired) electrons. The zero-order valence-electron chi connectivity index (χ0n) is 9.08. The van der Waals surface area contributed by atoms with Crippen LogP contribution in [0.5, 0.6) is 11.5 Å². The monoisotopic (exact) mass is 204 g/mol. The summed E-state index contributed by atoms with van der Waals surface area (Å²) in [7, 11) is 1.70. The van der Waals surface area contributed by atoms with E-state index in [1.54, 1.807) is 7.11 Å². The molecule has 0 unspecified atom stereocenters. The van der Waals surface area contributed by atoms with Crippen LogP contribution >= 0.6 is 0 Å². The average Bonchev–Trinajstić information content (AvgIpc) is 2.25. The summed E-state index contributed by atoms with van der Waals surface area (Å²) >= 11 is 0. The molecule has 0 amide bonds. The van der Waals surface area contributed by atoms with Gasteiger partial charge in [0.25, 0.3) is 0 Å². The highest BCUT2D eigenvalue weighted by atomic mass is 16.5. The van der Waals surface area contributed by atoms with Crippen molar-refractivity contribution in [1.29, 1.82) is 0 Å². The van der Waals surface area contributed by atoms with E-state index in [4.69, 9.17) is 9.47 Å². The molecule has 1 aliphatic heterocycles. The maximum absolute atomic E-state index is 5.72. The normalized spacial score (nSPS) is 21.4. The number of ether oxygens (including phenoxy) is 2. The third kappa shape index (κ3) is 1.24. The van der Waals surface area contributed by atoms with Gasteiger partial charge in [0, 0.05) is 17.0 Å². The van der Waals surface area contributed by atoms with Crippen molar-refractivity contribution in [3.8, 4) is 11.5 Å². The number of hydrogen-bond acceptors (Lipinski definition) is 2. The van der Waals surface area contributed by atoms with E-state index in [0.717, 1.165) is 18.1 Å². The predicted molar refractivity (Wildman–Crippen MR) is 58.6 cm³/mol. The Hall–Kier alpha value is -1.18. The average molecular weight is 204 g/mol. The van der Waals surface area contributed by atoms with Gasteiger partial charge in [-0.3, -0.25) is 0 Å². The lowest BCUT2D eigenvalue weighted by Crippen LogP contribution is -2.39. The molecule has 0 atom stereocenters. The quantitative estimate of drug-likeness (QED) is 0.700. The van der Waals surface area contributed by atoms with Gasteiger partial charge in [-0.15, -0.1) is 0 Å². The van der Waals surface area contributed by atoms with Crippen LogP contribution in [-0.2, 0) is 5.41 Å². The van der Waals surface area contributed by atoms with Crippen molar-refractivity contribution in [3.05, 3.63) is 23.8 Å². The fraction of sp³-hybridized carbons (Fsp3) is 0.538. The molecule has 1 fully saturated rings. The molecular weight excluding hydrogens is 188 g/mol. The standard InChI is InChI=1S/C13H16O2/c1-14-10-3-4-11-12(9-10)15-8-7-13(11)5-2-6-13/h3-4,9H,2,5-8H2,1H3. The lowest BCUT2D eigenvalue weighted by Gasteiger charge is -2.45. The van der Waals surface area contributed by atoms with E-state index in [0.29, 0.717) is 5.41 Å². The first-order chi connectivity index (χ1) is 7.34. The molecule has 2 aliphatic rings. The van der Waals surface area contributed by atoms with Crippen molar-refractivity contribution >= 4 is 0 Å². The number of methoxy groups -OCH3 is 1. The number of benzene rings is 1. The molecule has 1 saturated carbocycles. The van der Waals surface area contributed by atoms with E-state index in [1.165, 1.54) is 31.2 Å². The van der Waals surface area contributed by atoms with Crippen molar-refractivity contribution < 1.29 is 9.47 Å². The maximum Gasteiger partial charge on any atom is 0.126 e. The van der Waals surface area contributed by atoms with Crippen LogP contribution in [0.1, 0.15) is 31.2 Å². The number of fused-ring (bicyclic) bond motifs is 2. The Balaban J connectivity index is 2.05. The number of hydrogen-bond donors (Lipinski definition) is 0. The minimum atomic E-state index is 0.444. The van der Waals surface area contributed by atoms with Gasteiger partial charge in [0.1, 0.15) is 11.5 Å². The van der Waals surface area contributed by atoms with E-state index in [1.807, 2.05) is 12.1 Å². The first-order valence-corrected chi connectivity index (χ1v) is 5.65. The van der Waals surface area contributed by atoms with Crippen molar-refractivity contribution in [3.63, 3.8) is 0 Å². The van der Waals surface area contributed by atoms with E-state index < -0.39 is 0 Å². The zero-order chi connectivity index (χ0) is 10.3. The second-order valence-corrected chi connectivity index (χ2v) is 4.59. The zero-order valence-corrected chi connectivity index (χ0v) is 9.08. The van der Waals surface area contributed by atoms with Gasteiger partial charge in [-0.2, -0.15) is 0 Å². The molecule has 1 aromatic rings. The van der Waals surface area contributed by atoms with Crippen LogP contribution < -0.4 is 9.47 Å². The highest BCUT2D eigenvalue weighted by Crippen LogP contribution is 2.52. The molecule has 2 heteroatoms. The summed E-state index contributed by atoms with van der Waals surface area (Å²) in [6, 6.07) is 6.26.